The van der Waals surface area contributed by atoms with Crippen molar-refractivity contribution in [2.75, 3.05) is 26.2 Å². The van der Waals surface area contributed by atoms with Crippen LogP contribution in [0.3, 0.4) is 0 Å². The monoisotopic (exact) mass is 316 g/mol. The molecular formula is C17H36N2O3. The minimum absolute atomic E-state index is 0.291. The first-order chi connectivity index (χ1) is 10.3. The van der Waals surface area contributed by atoms with Gasteiger partial charge in [0, 0.05) is 13.2 Å². The summed E-state index contributed by atoms with van der Waals surface area (Å²) in [5.74, 6) is 0.891. The van der Waals surface area contributed by atoms with E-state index in [1.165, 1.54) is 0 Å². The van der Waals surface area contributed by atoms with Gasteiger partial charge in [0.05, 0.1) is 0 Å². The van der Waals surface area contributed by atoms with Gasteiger partial charge in [-0.3, -0.25) is 0 Å². The van der Waals surface area contributed by atoms with Gasteiger partial charge in [0.15, 0.2) is 0 Å². The Bertz CT molecular complexity index is 288. The zero-order valence-electron chi connectivity index (χ0n) is 15.1. The molecule has 5 heteroatoms. The lowest BCUT2D eigenvalue weighted by atomic mass is 9.95. The van der Waals surface area contributed by atoms with Crippen molar-refractivity contribution in [2.24, 2.45) is 11.8 Å². The second-order valence-corrected chi connectivity index (χ2v) is 7.23. The molecule has 0 aromatic heterocycles. The topological polar surface area (TPSA) is 70.6 Å². The molecule has 0 heterocycles. The van der Waals surface area contributed by atoms with E-state index in [9.17, 15) is 4.79 Å². The van der Waals surface area contributed by atoms with Gasteiger partial charge >= 0.3 is 6.09 Å². The normalized spacial score (nSPS) is 13.2. The molecule has 0 rings (SSSR count). The molecule has 1 atom stereocenters. The lowest BCUT2D eigenvalue weighted by molar-refractivity contribution is 0.0515. The molecule has 0 aromatic carbocycles. The standard InChI is InChI=1S/C17H36N2O3/c1-14(2)15(12-18-10-8-6-7-9-11-20)13-19-16(21)22-17(3,4)5/h14-15,18,20H,6-13H2,1-5H3,(H,19,21). The highest BCUT2D eigenvalue weighted by atomic mass is 16.6. The van der Waals surface area contributed by atoms with Crippen LogP contribution >= 0.6 is 0 Å². The smallest absolute Gasteiger partial charge is 0.407 e. The van der Waals surface area contributed by atoms with Crippen molar-refractivity contribution in [2.45, 2.75) is 65.9 Å². The highest BCUT2D eigenvalue weighted by Gasteiger charge is 2.18. The Morgan fingerprint density at radius 1 is 1.09 bits per heavy atom. The quantitative estimate of drug-likeness (QED) is 0.513. The zero-order valence-corrected chi connectivity index (χ0v) is 15.1. The number of aliphatic hydroxyl groups excluding tert-OH is 1. The Morgan fingerprint density at radius 3 is 2.27 bits per heavy atom. The number of aliphatic hydroxyl groups is 1. The van der Waals surface area contributed by atoms with Crippen LogP contribution in [0.4, 0.5) is 4.79 Å². The third kappa shape index (κ3) is 12.9. The molecule has 0 aromatic rings. The molecule has 1 amide bonds. The first-order valence-electron chi connectivity index (χ1n) is 8.54. The van der Waals surface area contributed by atoms with Crippen molar-refractivity contribution in [3.63, 3.8) is 0 Å². The summed E-state index contributed by atoms with van der Waals surface area (Å²) in [5, 5.41) is 15.0. The summed E-state index contributed by atoms with van der Waals surface area (Å²) in [4.78, 5) is 11.7. The fourth-order valence-electron chi connectivity index (χ4n) is 2.07. The summed E-state index contributed by atoms with van der Waals surface area (Å²) >= 11 is 0. The Balaban J connectivity index is 3.85. The predicted molar refractivity (Wildman–Crippen MR) is 91.0 cm³/mol. The molecule has 132 valence electrons. The van der Waals surface area contributed by atoms with E-state index in [4.69, 9.17) is 9.84 Å². The van der Waals surface area contributed by atoms with Gasteiger partial charge in [0.2, 0.25) is 0 Å². The highest BCUT2D eigenvalue weighted by molar-refractivity contribution is 5.67. The van der Waals surface area contributed by atoms with Crippen LogP contribution in [0.5, 0.6) is 0 Å². The van der Waals surface area contributed by atoms with Gasteiger partial charge in [-0.05, 0) is 58.5 Å². The Labute approximate surface area is 136 Å². The van der Waals surface area contributed by atoms with E-state index in [0.29, 0.717) is 25.0 Å². The Kier molecular flexibility index (Phi) is 11.3. The summed E-state index contributed by atoms with van der Waals surface area (Å²) < 4.78 is 5.26. The Hall–Kier alpha value is -0.810. The van der Waals surface area contributed by atoms with Gasteiger partial charge < -0.3 is 20.5 Å². The zero-order chi connectivity index (χ0) is 17.0. The van der Waals surface area contributed by atoms with E-state index in [0.717, 1.165) is 38.8 Å². The molecule has 5 nitrogen and oxygen atoms in total. The SMILES string of the molecule is CC(C)C(CNCCCCCCO)CNC(=O)OC(C)(C)C. The van der Waals surface area contributed by atoms with Crippen molar-refractivity contribution < 1.29 is 14.6 Å². The van der Waals surface area contributed by atoms with Crippen LogP contribution in [-0.4, -0.2) is 43.0 Å². The average molecular weight is 316 g/mol. The van der Waals surface area contributed by atoms with Gasteiger partial charge in [0.1, 0.15) is 5.60 Å². The number of nitrogens with one attached hydrogen (secondary N) is 2. The van der Waals surface area contributed by atoms with Crippen molar-refractivity contribution in [3.8, 4) is 0 Å². The molecule has 0 saturated heterocycles. The number of unbranched alkanes of at least 4 members (excludes halogenated alkanes) is 3. The average Bonchev–Trinajstić information content (AvgIpc) is 2.38. The number of carbonyl (C=O) groups is 1. The van der Waals surface area contributed by atoms with E-state index in [1.807, 2.05) is 20.8 Å². The number of amides is 1. The first-order valence-corrected chi connectivity index (χ1v) is 8.54. The molecule has 0 bridgehead atoms. The maximum atomic E-state index is 11.7. The van der Waals surface area contributed by atoms with E-state index >= 15 is 0 Å². The highest BCUT2D eigenvalue weighted by Crippen LogP contribution is 2.10. The summed E-state index contributed by atoms with van der Waals surface area (Å²) in [7, 11) is 0. The molecule has 0 aliphatic heterocycles. The fraction of sp³-hybridized carbons (Fsp3) is 0.941. The van der Waals surface area contributed by atoms with E-state index in [2.05, 4.69) is 24.5 Å². The fourth-order valence-corrected chi connectivity index (χ4v) is 2.07. The van der Waals surface area contributed by atoms with Crippen LogP contribution in [0.1, 0.15) is 60.3 Å². The second-order valence-electron chi connectivity index (χ2n) is 7.23. The minimum atomic E-state index is -0.454. The van der Waals surface area contributed by atoms with Crippen molar-refractivity contribution in [1.82, 2.24) is 10.6 Å². The van der Waals surface area contributed by atoms with Crippen molar-refractivity contribution in [3.05, 3.63) is 0 Å². The largest absolute Gasteiger partial charge is 0.444 e. The number of hydrogen-bond donors (Lipinski definition) is 3. The molecule has 22 heavy (non-hydrogen) atoms. The maximum Gasteiger partial charge on any atom is 0.407 e. The van der Waals surface area contributed by atoms with Crippen LogP contribution < -0.4 is 10.6 Å². The lowest BCUT2D eigenvalue weighted by Gasteiger charge is -2.24. The van der Waals surface area contributed by atoms with Crippen LogP contribution in [0, 0.1) is 11.8 Å². The molecule has 1 unspecified atom stereocenters. The van der Waals surface area contributed by atoms with Gasteiger partial charge in [0.25, 0.3) is 0 Å². The van der Waals surface area contributed by atoms with E-state index in [-0.39, 0.29) is 6.09 Å². The van der Waals surface area contributed by atoms with Crippen molar-refractivity contribution >= 4 is 6.09 Å². The third-order valence-electron chi connectivity index (χ3n) is 3.52. The molecule has 0 spiro atoms. The Morgan fingerprint density at radius 2 is 1.73 bits per heavy atom. The first kappa shape index (κ1) is 21.2. The number of hydrogen-bond acceptors (Lipinski definition) is 4. The summed E-state index contributed by atoms with van der Waals surface area (Å²) in [5.41, 5.74) is -0.454. The predicted octanol–water partition coefficient (Wildman–Crippen LogP) is 2.93. The van der Waals surface area contributed by atoms with Gasteiger partial charge in [-0.2, -0.15) is 0 Å². The van der Waals surface area contributed by atoms with Gasteiger partial charge in [-0.25, -0.2) is 4.79 Å². The maximum absolute atomic E-state index is 11.7. The summed E-state index contributed by atoms with van der Waals surface area (Å²) in [6, 6.07) is 0. The van der Waals surface area contributed by atoms with Gasteiger partial charge in [-0.1, -0.05) is 26.7 Å². The number of ether oxygens (including phenoxy) is 1. The summed E-state index contributed by atoms with van der Waals surface area (Å²) in [6.45, 7) is 12.7. The molecule has 0 aliphatic rings. The molecular weight excluding hydrogens is 280 g/mol. The minimum Gasteiger partial charge on any atom is -0.444 e. The molecule has 0 aliphatic carbocycles. The lowest BCUT2D eigenvalue weighted by Crippen LogP contribution is -2.39. The van der Waals surface area contributed by atoms with Crippen LogP contribution in [0.2, 0.25) is 0 Å². The molecule has 0 fully saturated rings. The summed E-state index contributed by atoms with van der Waals surface area (Å²) in [6.07, 6.45) is 3.92. The second kappa shape index (κ2) is 11.7. The third-order valence-corrected chi connectivity index (χ3v) is 3.52. The van der Waals surface area contributed by atoms with Crippen LogP contribution in [0.25, 0.3) is 0 Å². The molecule has 0 saturated carbocycles. The van der Waals surface area contributed by atoms with Gasteiger partial charge in [-0.15, -0.1) is 0 Å². The molecule has 0 radical (unpaired) electrons. The van der Waals surface area contributed by atoms with E-state index < -0.39 is 5.60 Å². The number of carbonyl (C=O) groups excluding carboxylic acids is 1. The number of rotatable bonds is 11. The van der Waals surface area contributed by atoms with Crippen LogP contribution in [0.15, 0.2) is 0 Å². The van der Waals surface area contributed by atoms with Crippen LogP contribution in [-0.2, 0) is 4.74 Å². The number of alkyl carbamates (subject to hydrolysis) is 1. The van der Waals surface area contributed by atoms with Crippen molar-refractivity contribution in [1.29, 1.82) is 0 Å². The van der Waals surface area contributed by atoms with E-state index in [1.54, 1.807) is 0 Å². The molecule has 3 N–H and O–H groups in total.